The molecule has 0 aliphatic heterocycles. The van der Waals surface area contributed by atoms with E-state index < -0.39 is 11.4 Å². The van der Waals surface area contributed by atoms with E-state index in [2.05, 4.69) is 5.10 Å². The fourth-order valence-electron chi connectivity index (χ4n) is 2.98. The summed E-state index contributed by atoms with van der Waals surface area (Å²) >= 11 is 0. The van der Waals surface area contributed by atoms with Crippen molar-refractivity contribution in [3.05, 3.63) is 76.9 Å². The van der Waals surface area contributed by atoms with Gasteiger partial charge in [0.15, 0.2) is 11.3 Å². The molecule has 7 heteroatoms. The Kier molecular flexibility index (Phi) is 4.41. The van der Waals surface area contributed by atoms with Crippen LogP contribution >= 0.6 is 0 Å². The van der Waals surface area contributed by atoms with Gasteiger partial charge < -0.3 is 14.3 Å². The van der Waals surface area contributed by atoms with Crippen LogP contribution < -0.4 is 5.43 Å². The fourth-order valence-corrected chi connectivity index (χ4v) is 2.98. The van der Waals surface area contributed by atoms with Gasteiger partial charge in [0.05, 0.1) is 29.4 Å². The molecule has 0 saturated carbocycles. The molecule has 0 atom stereocenters. The van der Waals surface area contributed by atoms with Crippen LogP contribution in [0.15, 0.2) is 70.1 Å². The maximum Gasteiger partial charge on any atom is 0.375 e. The first kappa shape index (κ1) is 17.5. The number of aromatic hydroxyl groups is 1. The van der Waals surface area contributed by atoms with Crippen molar-refractivity contribution < 1.29 is 19.1 Å². The van der Waals surface area contributed by atoms with Crippen molar-refractivity contribution in [2.75, 3.05) is 6.61 Å². The number of phenolic OH excluding ortho intramolecular Hbond substituents is 1. The lowest BCUT2D eigenvalue weighted by Gasteiger charge is -2.09. The number of hydrogen-bond donors (Lipinski definition) is 1. The van der Waals surface area contributed by atoms with Gasteiger partial charge in [-0.15, -0.1) is 0 Å². The zero-order valence-corrected chi connectivity index (χ0v) is 15.0. The van der Waals surface area contributed by atoms with Gasteiger partial charge in [-0.2, -0.15) is 5.10 Å². The summed E-state index contributed by atoms with van der Waals surface area (Å²) in [4.78, 5) is 25.6. The van der Waals surface area contributed by atoms with Crippen LogP contribution in [0.25, 0.3) is 27.8 Å². The zero-order valence-electron chi connectivity index (χ0n) is 15.0. The van der Waals surface area contributed by atoms with E-state index in [1.165, 1.54) is 24.4 Å². The van der Waals surface area contributed by atoms with Crippen molar-refractivity contribution in [1.82, 2.24) is 9.78 Å². The van der Waals surface area contributed by atoms with E-state index in [-0.39, 0.29) is 34.6 Å². The van der Waals surface area contributed by atoms with Crippen molar-refractivity contribution in [3.8, 4) is 22.6 Å². The molecule has 2 aromatic heterocycles. The number of ether oxygens (including phenoxy) is 1. The Morgan fingerprint density at radius 3 is 2.71 bits per heavy atom. The lowest BCUT2D eigenvalue weighted by Crippen LogP contribution is -2.14. The molecule has 0 aliphatic carbocycles. The third kappa shape index (κ3) is 2.92. The zero-order chi connectivity index (χ0) is 19.7. The Hall–Kier alpha value is -3.87. The molecule has 2 heterocycles. The summed E-state index contributed by atoms with van der Waals surface area (Å²) in [5.74, 6) is -1.28. The Bertz CT molecular complexity index is 1220. The van der Waals surface area contributed by atoms with Crippen LogP contribution in [0.1, 0.15) is 17.5 Å². The summed E-state index contributed by atoms with van der Waals surface area (Å²) in [6.07, 6.45) is 3.12. The normalized spacial score (nSPS) is 10.9. The number of hydrogen-bond acceptors (Lipinski definition) is 6. The number of para-hydroxylation sites is 2. The second-order valence-electron chi connectivity index (χ2n) is 6.02. The van der Waals surface area contributed by atoms with E-state index in [4.69, 9.17) is 9.15 Å². The lowest BCUT2D eigenvalue weighted by atomic mass is 10.0. The van der Waals surface area contributed by atoms with Crippen molar-refractivity contribution in [2.24, 2.45) is 0 Å². The number of carbonyl (C=O) groups excluding carboxylic acids is 1. The molecule has 140 valence electrons. The number of phenols is 1. The summed E-state index contributed by atoms with van der Waals surface area (Å²) in [5, 5.41) is 14.5. The van der Waals surface area contributed by atoms with Crippen molar-refractivity contribution in [2.45, 2.75) is 6.92 Å². The van der Waals surface area contributed by atoms with Crippen LogP contribution in [0, 0.1) is 0 Å². The molecule has 1 N–H and O–H groups in total. The van der Waals surface area contributed by atoms with Gasteiger partial charge >= 0.3 is 5.97 Å². The van der Waals surface area contributed by atoms with Gasteiger partial charge in [0, 0.05) is 11.8 Å². The van der Waals surface area contributed by atoms with E-state index in [1.54, 1.807) is 17.8 Å². The Morgan fingerprint density at radius 1 is 1.18 bits per heavy atom. The molecule has 0 amide bonds. The van der Waals surface area contributed by atoms with Gasteiger partial charge in [0.25, 0.3) is 0 Å². The van der Waals surface area contributed by atoms with Crippen molar-refractivity contribution >= 4 is 16.9 Å². The maximum atomic E-state index is 13.1. The summed E-state index contributed by atoms with van der Waals surface area (Å²) in [7, 11) is 0. The molecule has 0 radical (unpaired) electrons. The van der Waals surface area contributed by atoms with Crippen molar-refractivity contribution in [3.63, 3.8) is 0 Å². The number of rotatable bonds is 4. The number of fused-ring (bicyclic) bond motifs is 1. The van der Waals surface area contributed by atoms with Crippen molar-refractivity contribution in [1.29, 1.82) is 0 Å². The van der Waals surface area contributed by atoms with E-state index in [9.17, 15) is 14.7 Å². The summed E-state index contributed by atoms with van der Waals surface area (Å²) in [6.45, 7) is 1.77. The summed E-state index contributed by atoms with van der Waals surface area (Å²) in [6, 6.07) is 13.8. The largest absolute Gasteiger partial charge is 0.504 e. The molecule has 0 saturated heterocycles. The predicted molar refractivity (Wildman–Crippen MR) is 103 cm³/mol. The molecule has 0 fully saturated rings. The smallest absolute Gasteiger partial charge is 0.375 e. The minimum absolute atomic E-state index is 0.0405. The average Bonchev–Trinajstić information content (AvgIpc) is 3.19. The average molecular weight is 376 g/mol. The SMILES string of the molecule is CCOC(=O)c1oc2c(O)cccc2c(=O)c1-c1cnn(-c2ccccc2)c1. The highest BCUT2D eigenvalue weighted by atomic mass is 16.5. The number of nitrogens with zero attached hydrogens (tertiary/aromatic N) is 2. The number of aromatic nitrogens is 2. The quantitative estimate of drug-likeness (QED) is 0.548. The van der Waals surface area contributed by atoms with Gasteiger partial charge in [-0.25, -0.2) is 9.48 Å². The predicted octanol–water partition coefficient (Wildman–Crippen LogP) is 3.53. The standard InChI is InChI=1S/C21H16N2O5/c1-2-27-21(26)20-17(18(25)15-9-6-10-16(24)19(15)28-20)13-11-22-23(12-13)14-7-4-3-5-8-14/h3-12,24H,2H2,1H3. The molecular formula is C21H16N2O5. The Labute approximate surface area is 159 Å². The van der Waals surface area contributed by atoms with Crippen LogP contribution in [-0.4, -0.2) is 27.5 Å². The Balaban J connectivity index is 1.96. The first-order valence-corrected chi connectivity index (χ1v) is 8.66. The Morgan fingerprint density at radius 2 is 1.96 bits per heavy atom. The van der Waals surface area contributed by atoms with Crippen LogP contribution in [-0.2, 0) is 4.74 Å². The van der Waals surface area contributed by atoms with E-state index in [0.717, 1.165) is 5.69 Å². The minimum Gasteiger partial charge on any atom is -0.504 e. The molecule has 0 aliphatic rings. The number of benzene rings is 2. The van der Waals surface area contributed by atoms with Crippen LogP contribution in [0.3, 0.4) is 0 Å². The summed E-state index contributed by atoms with van der Waals surface area (Å²) < 4.78 is 12.3. The summed E-state index contributed by atoms with van der Waals surface area (Å²) in [5.41, 5.74) is 0.737. The van der Waals surface area contributed by atoms with Gasteiger partial charge in [-0.05, 0) is 31.2 Å². The van der Waals surface area contributed by atoms with Crippen LogP contribution in [0.5, 0.6) is 5.75 Å². The maximum absolute atomic E-state index is 13.1. The second kappa shape index (κ2) is 7.03. The van der Waals surface area contributed by atoms with Crippen LogP contribution in [0.4, 0.5) is 0 Å². The highest BCUT2D eigenvalue weighted by Crippen LogP contribution is 2.29. The molecular weight excluding hydrogens is 360 g/mol. The highest BCUT2D eigenvalue weighted by molar-refractivity contribution is 5.98. The second-order valence-corrected chi connectivity index (χ2v) is 6.02. The molecule has 4 aromatic rings. The van der Waals surface area contributed by atoms with Gasteiger partial charge in [0.1, 0.15) is 0 Å². The minimum atomic E-state index is -0.785. The van der Waals surface area contributed by atoms with Crippen LogP contribution in [0.2, 0.25) is 0 Å². The third-order valence-electron chi connectivity index (χ3n) is 4.25. The monoisotopic (exact) mass is 376 g/mol. The first-order chi connectivity index (χ1) is 13.6. The highest BCUT2D eigenvalue weighted by Gasteiger charge is 2.25. The fraction of sp³-hybridized carbons (Fsp3) is 0.0952. The molecule has 7 nitrogen and oxygen atoms in total. The third-order valence-corrected chi connectivity index (χ3v) is 4.25. The molecule has 0 bridgehead atoms. The van der Waals surface area contributed by atoms with Gasteiger partial charge in [-0.1, -0.05) is 24.3 Å². The molecule has 0 unspecified atom stereocenters. The van der Waals surface area contributed by atoms with E-state index in [0.29, 0.717) is 5.56 Å². The number of esters is 1. The topological polar surface area (TPSA) is 94.6 Å². The van der Waals surface area contributed by atoms with E-state index in [1.807, 2.05) is 30.3 Å². The lowest BCUT2D eigenvalue weighted by molar-refractivity contribution is 0.0492. The molecule has 4 rings (SSSR count). The van der Waals surface area contributed by atoms with Gasteiger partial charge in [0.2, 0.25) is 11.2 Å². The molecule has 2 aromatic carbocycles. The van der Waals surface area contributed by atoms with E-state index >= 15 is 0 Å². The number of carbonyl (C=O) groups is 1. The first-order valence-electron chi connectivity index (χ1n) is 8.66. The molecule has 28 heavy (non-hydrogen) atoms. The molecule has 0 spiro atoms. The van der Waals surface area contributed by atoms with Gasteiger partial charge in [-0.3, -0.25) is 4.79 Å².